The third-order valence-corrected chi connectivity index (χ3v) is 2.62. The van der Waals surface area contributed by atoms with E-state index in [1.54, 1.807) is 31.2 Å². The molecule has 0 aliphatic rings. The highest BCUT2D eigenvalue weighted by molar-refractivity contribution is 5.81. The maximum Gasteiger partial charge on any atom is 0.261 e. The molecule has 2 N–H and O–H groups in total. The van der Waals surface area contributed by atoms with Gasteiger partial charge in [-0.05, 0) is 19.9 Å². The van der Waals surface area contributed by atoms with Gasteiger partial charge in [-0.3, -0.25) is 4.79 Å². The second-order valence-corrected chi connectivity index (χ2v) is 4.13. The molecule has 0 aromatic heterocycles. The Kier molecular flexibility index (Phi) is 6.59. The predicted molar refractivity (Wildman–Crippen MR) is 76.8 cm³/mol. The average molecular weight is 279 g/mol. The van der Waals surface area contributed by atoms with E-state index in [2.05, 4.69) is 11.9 Å². The highest BCUT2D eigenvalue weighted by atomic mass is 16.5. The predicted octanol–water partition coefficient (Wildman–Crippen LogP) is 1.65. The Labute approximate surface area is 119 Å². The zero-order chi connectivity index (χ0) is 15.0. The van der Waals surface area contributed by atoms with Gasteiger partial charge in [-0.2, -0.15) is 0 Å². The highest BCUT2D eigenvalue weighted by Gasteiger charge is 2.18. The molecule has 0 saturated heterocycles. The summed E-state index contributed by atoms with van der Waals surface area (Å²) in [5, 5.41) is 12.0. The van der Waals surface area contributed by atoms with E-state index in [0.717, 1.165) is 0 Å². The van der Waals surface area contributed by atoms with Gasteiger partial charge in [0.2, 0.25) is 0 Å². The van der Waals surface area contributed by atoms with Crippen molar-refractivity contribution in [2.24, 2.45) is 0 Å². The zero-order valence-electron chi connectivity index (χ0n) is 11.9. The van der Waals surface area contributed by atoms with Crippen LogP contribution < -0.4 is 14.8 Å². The lowest BCUT2D eigenvalue weighted by molar-refractivity contribution is -0.127. The lowest BCUT2D eigenvalue weighted by Crippen LogP contribution is -2.36. The van der Waals surface area contributed by atoms with E-state index in [9.17, 15) is 9.90 Å². The molecule has 0 aliphatic carbocycles. The Bertz CT molecular complexity index is 459. The van der Waals surface area contributed by atoms with Crippen LogP contribution in [0.15, 0.2) is 30.9 Å². The topological polar surface area (TPSA) is 67.8 Å². The molecule has 1 aromatic carbocycles. The number of aliphatic hydroxyl groups is 1. The SMILES string of the molecule is C=CCNC(=O)C(C)Oc1c(CO)cccc1OCC. The molecule has 1 unspecified atom stereocenters. The number of carbonyl (C=O) groups is 1. The number of rotatable bonds is 8. The van der Waals surface area contributed by atoms with Crippen molar-refractivity contribution in [1.82, 2.24) is 5.32 Å². The van der Waals surface area contributed by atoms with Gasteiger partial charge in [-0.15, -0.1) is 6.58 Å². The van der Waals surface area contributed by atoms with Crippen molar-refractivity contribution in [2.45, 2.75) is 26.6 Å². The van der Waals surface area contributed by atoms with E-state index < -0.39 is 6.10 Å². The number of carbonyl (C=O) groups excluding carboxylic acids is 1. The average Bonchev–Trinajstić information content (AvgIpc) is 2.46. The van der Waals surface area contributed by atoms with Crippen LogP contribution in [0, 0.1) is 0 Å². The van der Waals surface area contributed by atoms with Gasteiger partial charge in [0.25, 0.3) is 5.91 Å². The van der Waals surface area contributed by atoms with Gasteiger partial charge in [0.05, 0.1) is 13.2 Å². The molecule has 20 heavy (non-hydrogen) atoms. The lowest BCUT2D eigenvalue weighted by atomic mass is 10.2. The third kappa shape index (κ3) is 4.28. The van der Waals surface area contributed by atoms with Crippen molar-refractivity contribution in [3.63, 3.8) is 0 Å². The smallest absolute Gasteiger partial charge is 0.261 e. The highest BCUT2D eigenvalue weighted by Crippen LogP contribution is 2.32. The normalized spacial score (nSPS) is 11.6. The van der Waals surface area contributed by atoms with Crippen molar-refractivity contribution in [3.05, 3.63) is 36.4 Å². The summed E-state index contributed by atoms with van der Waals surface area (Å²) in [5.41, 5.74) is 0.583. The molecule has 0 saturated carbocycles. The quantitative estimate of drug-likeness (QED) is 0.710. The number of hydrogen-bond donors (Lipinski definition) is 2. The Morgan fingerprint density at radius 3 is 2.90 bits per heavy atom. The van der Waals surface area contributed by atoms with Crippen LogP contribution in [0.2, 0.25) is 0 Å². The minimum absolute atomic E-state index is 0.183. The minimum atomic E-state index is -0.693. The number of amides is 1. The summed E-state index contributed by atoms with van der Waals surface area (Å²) >= 11 is 0. The molecular weight excluding hydrogens is 258 g/mol. The third-order valence-electron chi connectivity index (χ3n) is 2.62. The van der Waals surface area contributed by atoms with Gasteiger partial charge in [0, 0.05) is 12.1 Å². The van der Waals surface area contributed by atoms with Crippen molar-refractivity contribution in [1.29, 1.82) is 0 Å². The summed E-state index contributed by atoms with van der Waals surface area (Å²) in [5.74, 6) is 0.667. The molecule has 1 aromatic rings. The molecule has 0 fully saturated rings. The molecule has 0 spiro atoms. The van der Waals surface area contributed by atoms with E-state index in [1.807, 2.05) is 6.92 Å². The second-order valence-electron chi connectivity index (χ2n) is 4.13. The fraction of sp³-hybridized carbons (Fsp3) is 0.400. The van der Waals surface area contributed by atoms with Gasteiger partial charge >= 0.3 is 0 Å². The fourth-order valence-corrected chi connectivity index (χ4v) is 1.64. The number of nitrogens with one attached hydrogen (secondary N) is 1. The van der Waals surface area contributed by atoms with E-state index >= 15 is 0 Å². The summed E-state index contributed by atoms with van der Waals surface area (Å²) < 4.78 is 11.1. The van der Waals surface area contributed by atoms with Gasteiger partial charge in [-0.25, -0.2) is 0 Å². The molecular formula is C15H21NO4. The van der Waals surface area contributed by atoms with Gasteiger partial charge < -0.3 is 19.9 Å². The summed E-state index contributed by atoms with van der Waals surface area (Å²) in [6, 6.07) is 5.24. The molecule has 5 nitrogen and oxygen atoms in total. The van der Waals surface area contributed by atoms with Crippen LogP contribution in [0.3, 0.4) is 0 Å². The number of hydrogen-bond acceptors (Lipinski definition) is 4. The first-order valence-electron chi connectivity index (χ1n) is 6.54. The number of aliphatic hydroxyl groups excluding tert-OH is 1. The zero-order valence-corrected chi connectivity index (χ0v) is 11.9. The summed E-state index contributed by atoms with van der Waals surface area (Å²) in [6.07, 6.45) is 0.902. The van der Waals surface area contributed by atoms with Crippen molar-refractivity contribution >= 4 is 5.91 Å². The van der Waals surface area contributed by atoms with Crippen LogP contribution in [0.5, 0.6) is 11.5 Å². The number of para-hydroxylation sites is 1. The molecule has 0 bridgehead atoms. The Hall–Kier alpha value is -2.01. The van der Waals surface area contributed by atoms with Crippen LogP contribution in [0.25, 0.3) is 0 Å². The standard InChI is InChI=1S/C15H21NO4/c1-4-9-16-15(18)11(3)20-14-12(10-17)7-6-8-13(14)19-5-2/h4,6-8,11,17H,1,5,9-10H2,2-3H3,(H,16,18). The molecule has 110 valence electrons. The monoisotopic (exact) mass is 279 g/mol. The first-order valence-corrected chi connectivity index (χ1v) is 6.54. The van der Waals surface area contributed by atoms with Crippen LogP contribution in [-0.4, -0.2) is 30.3 Å². The summed E-state index contributed by atoms with van der Waals surface area (Å²) in [4.78, 5) is 11.8. The largest absolute Gasteiger partial charge is 0.490 e. The minimum Gasteiger partial charge on any atom is -0.490 e. The van der Waals surface area contributed by atoms with Crippen molar-refractivity contribution < 1.29 is 19.4 Å². The van der Waals surface area contributed by atoms with E-state index in [0.29, 0.717) is 30.2 Å². The van der Waals surface area contributed by atoms with Crippen LogP contribution in [0.4, 0.5) is 0 Å². The molecule has 0 radical (unpaired) electrons. The fourth-order valence-electron chi connectivity index (χ4n) is 1.64. The lowest BCUT2D eigenvalue weighted by Gasteiger charge is -2.19. The first-order chi connectivity index (χ1) is 9.63. The maximum absolute atomic E-state index is 11.8. The van der Waals surface area contributed by atoms with Gasteiger partial charge in [0.1, 0.15) is 0 Å². The Morgan fingerprint density at radius 2 is 2.30 bits per heavy atom. The summed E-state index contributed by atoms with van der Waals surface area (Å²) in [6.45, 7) is 7.70. The maximum atomic E-state index is 11.8. The second kappa shape index (κ2) is 8.22. The molecule has 5 heteroatoms. The molecule has 1 amide bonds. The molecule has 0 aliphatic heterocycles. The van der Waals surface area contributed by atoms with E-state index in [4.69, 9.17) is 9.47 Å². The molecule has 1 rings (SSSR count). The van der Waals surface area contributed by atoms with Crippen LogP contribution in [-0.2, 0) is 11.4 Å². The van der Waals surface area contributed by atoms with E-state index in [-0.39, 0.29) is 12.5 Å². The summed E-state index contributed by atoms with van der Waals surface area (Å²) in [7, 11) is 0. The van der Waals surface area contributed by atoms with Crippen LogP contribution >= 0.6 is 0 Å². The van der Waals surface area contributed by atoms with Gasteiger partial charge in [0.15, 0.2) is 17.6 Å². The van der Waals surface area contributed by atoms with E-state index in [1.165, 1.54) is 0 Å². The Balaban J connectivity index is 2.88. The molecule has 1 atom stereocenters. The number of benzene rings is 1. The Morgan fingerprint density at radius 1 is 1.55 bits per heavy atom. The first kappa shape index (κ1) is 16.0. The number of ether oxygens (including phenoxy) is 2. The van der Waals surface area contributed by atoms with Crippen molar-refractivity contribution in [2.75, 3.05) is 13.2 Å². The molecule has 0 heterocycles. The van der Waals surface area contributed by atoms with Crippen LogP contribution in [0.1, 0.15) is 19.4 Å². The van der Waals surface area contributed by atoms with Gasteiger partial charge in [-0.1, -0.05) is 18.2 Å². The van der Waals surface area contributed by atoms with Crippen molar-refractivity contribution in [3.8, 4) is 11.5 Å².